The number of rotatable bonds is 1. The van der Waals surface area contributed by atoms with Gasteiger partial charge in [0, 0.05) is 11.8 Å². The first-order chi connectivity index (χ1) is 8.24. The number of hydrogen-bond acceptors (Lipinski definition) is 1. The van der Waals surface area contributed by atoms with Crippen molar-refractivity contribution in [3.63, 3.8) is 0 Å². The number of ketones is 1. The molecule has 0 spiro atoms. The normalized spacial score (nSPS) is 40.5. The van der Waals surface area contributed by atoms with Crippen molar-refractivity contribution in [1.29, 1.82) is 0 Å². The summed E-state index contributed by atoms with van der Waals surface area (Å²) in [4.78, 5) is 12.4. The minimum absolute atomic E-state index is 0.0740. The summed E-state index contributed by atoms with van der Waals surface area (Å²) in [5.41, 5.74) is 0.597. The first kappa shape index (κ1) is 9.34. The van der Waals surface area contributed by atoms with Crippen molar-refractivity contribution in [1.82, 2.24) is 0 Å². The Hall–Kier alpha value is -1.70. The molecule has 3 aliphatic carbocycles. The van der Waals surface area contributed by atoms with E-state index in [0.717, 1.165) is 5.56 Å². The summed E-state index contributed by atoms with van der Waals surface area (Å²) >= 11 is 0. The highest BCUT2D eigenvalue weighted by Crippen LogP contribution is 2.66. The molecule has 3 aliphatic rings. The summed E-state index contributed by atoms with van der Waals surface area (Å²) < 4.78 is 13.0. The summed E-state index contributed by atoms with van der Waals surface area (Å²) in [6.07, 6.45) is 8.30. The molecule has 4 atom stereocenters. The molecule has 17 heavy (non-hydrogen) atoms. The third kappa shape index (κ3) is 0.927. The Bertz CT molecular complexity index is 547. The van der Waals surface area contributed by atoms with E-state index in [-0.39, 0.29) is 34.8 Å². The van der Waals surface area contributed by atoms with E-state index in [4.69, 9.17) is 0 Å². The number of benzene rings is 1. The van der Waals surface area contributed by atoms with Gasteiger partial charge in [-0.25, -0.2) is 4.39 Å². The van der Waals surface area contributed by atoms with Gasteiger partial charge in [0.25, 0.3) is 0 Å². The summed E-state index contributed by atoms with van der Waals surface area (Å²) in [6, 6.07) is 6.41. The molecular formula is C15H11FO. The van der Waals surface area contributed by atoms with E-state index >= 15 is 0 Å². The second-order valence-corrected chi connectivity index (χ2v) is 5.09. The monoisotopic (exact) mass is 226 g/mol. The van der Waals surface area contributed by atoms with Crippen molar-refractivity contribution in [3.05, 3.63) is 60.0 Å². The first-order valence-corrected chi connectivity index (χ1v) is 5.91. The molecule has 4 rings (SSSR count). The SMILES string of the molecule is O=C1C2C=C[C@@H]3[C@H](C=C2)C13c1ccc(F)cc1. The summed E-state index contributed by atoms with van der Waals surface area (Å²) in [5, 5.41) is 0. The van der Waals surface area contributed by atoms with Crippen LogP contribution in [0.4, 0.5) is 4.39 Å². The topological polar surface area (TPSA) is 17.1 Å². The van der Waals surface area contributed by atoms with E-state index in [2.05, 4.69) is 12.2 Å². The Kier molecular flexibility index (Phi) is 1.51. The number of Topliss-reactive ketones (excluding diaryl/α,β-unsaturated/α-hetero) is 1. The summed E-state index contributed by atoms with van der Waals surface area (Å²) in [5.74, 6) is 0.534. The largest absolute Gasteiger partial charge is 0.298 e. The molecular weight excluding hydrogens is 215 g/mol. The van der Waals surface area contributed by atoms with Gasteiger partial charge in [-0.2, -0.15) is 0 Å². The molecule has 1 aromatic rings. The minimum Gasteiger partial charge on any atom is -0.298 e. The van der Waals surface area contributed by atoms with E-state index in [9.17, 15) is 9.18 Å². The van der Waals surface area contributed by atoms with Crippen LogP contribution in [-0.2, 0) is 10.2 Å². The second-order valence-electron chi connectivity index (χ2n) is 5.09. The maximum atomic E-state index is 13.0. The molecule has 0 heterocycles. The third-order valence-electron chi connectivity index (χ3n) is 4.41. The number of carbonyl (C=O) groups is 1. The Balaban J connectivity index is 1.90. The van der Waals surface area contributed by atoms with Crippen LogP contribution in [0.5, 0.6) is 0 Å². The third-order valence-corrected chi connectivity index (χ3v) is 4.41. The molecule has 0 N–H and O–H groups in total. The molecule has 0 radical (unpaired) electrons. The molecule has 1 fully saturated rings. The Morgan fingerprint density at radius 2 is 1.53 bits per heavy atom. The van der Waals surface area contributed by atoms with Gasteiger partial charge in [0.15, 0.2) is 5.78 Å². The fraction of sp³-hybridized carbons (Fsp3) is 0.267. The van der Waals surface area contributed by atoms with Crippen molar-refractivity contribution in [3.8, 4) is 0 Å². The fourth-order valence-corrected chi connectivity index (χ4v) is 3.56. The van der Waals surface area contributed by atoms with Crippen molar-refractivity contribution in [2.45, 2.75) is 5.41 Å². The minimum atomic E-state index is -0.373. The van der Waals surface area contributed by atoms with Crippen LogP contribution in [0.25, 0.3) is 0 Å². The predicted octanol–water partition coefficient (Wildman–Crippen LogP) is 2.63. The lowest BCUT2D eigenvalue weighted by atomic mass is 9.76. The number of allylic oxidation sites excluding steroid dienone is 4. The lowest BCUT2D eigenvalue weighted by molar-refractivity contribution is -0.123. The smallest absolute Gasteiger partial charge is 0.155 e. The molecule has 2 heteroatoms. The van der Waals surface area contributed by atoms with Crippen LogP contribution in [0.15, 0.2) is 48.6 Å². The molecule has 1 nitrogen and oxygen atoms in total. The molecule has 0 amide bonds. The van der Waals surface area contributed by atoms with Gasteiger partial charge in [0.2, 0.25) is 0 Å². The van der Waals surface area contributed by atoms with E-state index in [1.54, 1.807) is 12.1 Å². The van der Waals surface area contributed by atoms with Crippen LogP contribution in [0.3, 0.4) is 0 Å². The van der Waals surface area contributed by atoms with Crippen LogP contribution in [0, 0.1) is 23.6 Å². The highest BCUT2D eigenvalue weighted by Gasteiger charge is 2.70. The zero-order valence-corrected chi connectivity index (χ0v) is 9.14. The van der Waals surface area contributed by atoms with Crippen molar-refractivity contribution in [2.75, 3.05) is 0 Å². The Labute approximate surface area is 98.6 Å². The molecule has 0 saturated heterocycles. The number of fused-ring (bicyclic) bond motifs is 2. The highest BCUT2D eigenvalue weighted by atomic mass is 19.1. The molecule has 84 valence electrons. The quantitative estimate of drug-likeness (QED) is 0.673. The Morgan fingerprint density at radius 1 is 0.941 bits per heavy atom. The van der Waals surface area contributed by atoms with E-state index in [0.29, 0.717) is 0 Å². The van der Waals surface area contributed by atoms with Gasteiger partial charge in [-0.1, -0.05) is 36.4 Å². The van der Waals surface area contributed by atoms with E-state index in [1.165, 1.54) is 12.1 Å². The standard InChI is InChI=1S/C15H11FO/c16-11-5-3-10(4-6-11)15-12-7-1-9(14(15)17)2-8-13(12)15/h1-9,12-13H/t9?,12-,13+,15?. The molecule has 2 unspecified atom stereocenters. The number of carbonyl (C=O) groups excluding carboxylic acids is 1. The molecule has 0 aromatic heterocycles. The van der Waals surface area contributed by atoms with Gasteiger partial charge >= 0.3 is 0 Å². The van der Waals surface area contributed by atoms with Gasteiger partial charge in [-0.15, -0.1) is 0 Å². The number of hydrogen-bond donors (Lipinski definition) is 0. The van der Waals surface area contributed by atoms with Gasteiger partial charge in [0.05, 0.1) is 11.3 Å². The Morgan fingerprint density at radius 3 is 2.12 bits per heavy atom. The summed E-state index contributed by atoms with van der Waals surface area (Å²) in [6.45, 7) is 0. The second kappa shape index (κ2) is 2.76. The van der Waals surface area contributed by atoms with Crippen LogP contribution < -0.4 is 0 Å². The highest BCUT2D eigenvalue weighted by molar-refractivity contribution is 6.02. The number of halogens is 1. The van der Waals surface area contributed by atoms with Crippen LogP contribution in [-0.4, -0.2) is 5.78 Å². The molecule has 2 bridgehead atoms. The van der Waals surface area contributed by atoms with Gasteiger partial charge in [-0.3, -0.25) is 4.79 Å². The van der Waals surface area contributed by atoms with Crippen molar-refractivity contribution < 1.29 is 9.18 Å². The zero-order chi connectivity index (χ0) is 11.6. The molecule has 1 aromatic carbocycles. The van der Waals surface area contributed by atoms with Crippen LogP contribution >= 0.6 is 0 Å². The first-order valence-electron chi connectivity index (χ1n) is 5.91. The lowest BCUT2D eigenvalue weighted by Gasteiger charge is -2.25. The maximum absolute atomic E-state index is 13.0. The average molecular weight is 226 g/mol. The fourth-order valence-electron chi connectivity index (χ4n) is 3.56. The molecule has 1 saturated carbocycles. The van der Waals surface area contributed by atoms with Crippen LogP contribution in [0.1, 0.15) is 5.56 Å². The molecule has 0 aliphatic heterocycles. The predicted molar refractivity (Wildman–Crippen MR) is 61.8 cm³/mol. The van der Waals surface area contributed by atoms with E-state index < -0.39 is 0 Å². The average Bonchev–Trinajstić information content (AvgIpc) is 3.03. The van der Waals surface area contributed by atoms with Gasteiger partial charge in [-0.05, 0) is 17.7 Å². The summed E-state index contributed by atoms with van der Waals surface area (Å²) in [7, 11) is 0. The van der Waals surface area contributed by atoms with Crippen LogP contribution in [0.2, 0.25) is 0 Å². The van der Waals surface area contributed by atoms with Crippen molar-refractivity contribution >= 4 is 5.78 Å². The maximum Gasteiger partial charge on any atom is 0.155 e. The van der Waals surface area contributed by atoms with Gasteiger partial charge < -0.3 is 0 Å². The lowest BCUT2D eigenvalue weighted by Crippen LogP contribution is -2.33. The van der Waals surface area contributed by atoms with Crippen molar-refractivity contribution in [2.24, 2.45) is 17.8 Å². The zero-order valence-electron chi connectivity index (χ0n) is 9.14. The van der Waals surface area contributed by atoms with E-state index in [1.807, 2.05) is 12.2 Å². The van der Waals surface area contributed by atoms with Gasteiger partial charge in [0.1, 0.15) is 5.82 Å².